The molecular formula is C23H28N4O3S2. The molecule has 1 aliphatic heterocycles. The SMILES string of the molecule is CCc1ccc(CNS(=O)(=O)c2cc(-c3nc(C)cs3)n(CC(=O)N3CCCC3)c2)cc1. The Morgan fingerprint density at radius 3 is 2.47 bits per heavy atom. The first-order valence-corrected chi connectivity index (χ1v) is 13.2. The smallest absolute Gasteiger partial charge is 0.242 e. The van der Waals surface area contributed by atoms with E-state index in [9.17, 15) is 13.2 Å². The number of carbonyl (C=O) groups is 1. The lowest BCUT2D eigenvalue weighted by Gasteiger charge is -2.16. The van der Waals surface area contributed by atoms with E-state index in [1.165, 1.54) is 16.9 Å². The van der Waals surface area contributed by atoms with Gasteiger partial charge in [0, 0.05) is 36.9 Å². The van der Waals surface area contributed by atoms with E-state index in [0.29, 0.717) is 10.7 Å². The van der Waals surface area contributed by atoms with Gasteiger partial charge in [-0.25, -0.2) is 18.1 Å². The largest absolute Gasteiger partial charge is 0.341 e. The molecule has 1 amide bonds. The number of nitrogens with one attached hydrogen (secondary N) is 1. The van der Waals surface area contributed by atoms with Crippen LogP contribution in [0.1, 0.15) is 36.6 Å². The lowest BCUT2D eigenvalue weighted by atomic mass is 10.1. The van der Waals surface area contributed by atoms with E-state index >= 15 is 0 Å². The summed E-state index contributed by atoms with van der Waals surface area (Å²) in [6.45, 7) is 5.80. The van der Waals surface area contributed by atoms with Crippen LogP contribution < -0.4 is 4.72 Å². The average Bonchev–Trinajstić information content (AvgIpc) is 3.53. The van der Waals surface area contributed by atoms with Crippen LogP contribution in [0.2, 0.25) is 0 Å². The lowest BCUT2D eigenvalue weighted by molar-refractivity contribution is -0.130. The van der Waals surface area contributed by atoms with Crippen molar-refractivity contribution >= 4 is 27.3 Å². The Balaban J connectivity index is 1.57. The summed E-state index contributed by atoms with van der Waals surface area (Å²) >= 11 is 1.44. The summed E-state index contributed by atoms with van der Waals surface area (Å²) in [5, 5.41) is 2.62. The van der Waals surface area contributed by atoms with Gasteiger partial charge in [-0.1, -0.05) is 31.2 Å². The quantitative estimate of drug-likeness (QED) is 0.543. The number of carbonyl (C=O) groups excluding carboxylic acids is 1. The van der Waals surface area contributed by atoms with Crippen LogP contribution in [0.3, 0.4) is 0 Å². The Bertz CT molecular complexity index is 1190. The molecule has 0 atom stereocenters. The second-order valence-corrected chi connectivity index (χ2v) is 10.7. The molecule has 2 aromatic heterocycles. The molecule has 0 aliphatic carbocycles. The topological polar surface area (TPSA) is 84.3 Å². The van der Waals surface area contributed by atoms with Crippen molar-refractivity contribution in [1.29, 1.82) is 0 Å². The zero-order valence-electron chi connectivity index (χ0n) is 18.4. The average molecular weight is 473 g/mol. The van der Waals surface area contributed by atoms with Crippen LogP contribution in [-0.4, -0.2) is 41.9 Å². The minimum absolute atomic E-state index is 0.000508. The number of nitrogens with zero attached hydrogens (tertiary/aromatic N) is 3. The minimum atomic E-state index is -3.75. The molecule has 1 aromatic carbocycles. The molecule has 4 rings (SSSR count). The first kappa shape index (κ1) is 22.7. The first-order valence-electron chi connectivity index (χ1n) is 10.8. The molecule has 0 spiro atoms. The summed E-state index contributed by atoms with van der Waals surface area (Å²) in [5.74, 6) is 0.000508. The Morgan fingerprint density at radius 2 is 1.84 bits per heavy atom. The third-order valence-corrected chi connectivity index (χ3v) is 8.03. The van der Waals surface area contributed by atoms with Crippen molar-refractivity contribution in [2.45, 2.75) is 51.1 Å². The van der Waals surface area contributed by atoms with Gasteiger partial charge in [0.1, 0.15) is 16.4 Å². The highest BCUT2D eigenvalue weighted by Crippen LogP contribution is 2.28. The number of hydrogen-bond acceptors (Lipinski definition) is 5. The first-order chi connectivity index (χ1) is 15.4. The van der Waals surface area contributed by atoms with Crippen molar-refractivity contribution in [3.63, 3.8) is 0 Å². The number of aromatic nitrogens is 2. The summed E-state index contributed by atoms with van der Waals surface area (Å²) in [5.41, 5.74) is 3.61. The maximum absolute atomic E-state index is 13.0. The Kier molecular flexibility index (Phi) is 6.78. The highest BCUT2D eigenvalue weighted by atomic mass is 32.2. The summed E-state index contributed by atoms with van der Waals surface area (Å²) < 4.78 is 30.5. The van der Waals surface area contributed by atoms with E-state index in [2.05, 4.69) is 16.6 Å². The van der Waals surface area contributed by atoms with Crippen molar-refractivity contribution in [2.75, 3.05) is 13.1 Å². The van der Waals surface area contributed by atoms with E-state index in [1.54, 1.807) is 16.8 Å². The molecule has 9 heteroatoms. The van der Waals surface area contributed by atoms with Gasteiger partial charge < -0.3 is 9.47 Å². The number of sulfonamides is 1. The van der Waals surface area contributed by atoms with E-state index in [0.717, 1.165) is 43.6 Å². The molecule has 0 bridgehead atoms. The van der Waals surface area contributed by atoms with Crippen molar-refractivity contribution < 1.29 is 13.2 Å². The second kappa shape index (κ2) is 9.56. The van der Waals surface area contributed by atoms with Crippen molar-refractivity contribution in [1.82, 2.24) is 19.2 Å². The van der Waals surface area contributed by atoms with Gasteiger partial charge in [0.2, 0.25) is 15.9 Å². The van der Waals surface area contributed by atoms with Gasteiger partial charge in [-0.3, -0.25) is 4.79 Å². The third-order valence-electron chi connectivity index (χ3n) is 5.68. The van der Waals surface area contributed by atoms with E-state index in [1.807, 2.05) is 41.5 Å². The van der Waals surface area contributed by atoms with Gasteiger partial charge in [0.05, 0.1) is 5.69 Å². The Morgan fingerprint density at radius 1 is 1.16 bits per heavy atom. The molecule has 0 radical (unpaired) electrons. The number of likely N-dealkylation sites (tertiary alicyclic amines) is 1. The van der Waals surface area contributed by atoms with Crippen molar-refractivity contribution in [3.05, 3.63) is 58.7 Å². The van der Waals surface area contributed by atoms with Crippen molar-refractivity contribution in [2.24, 2.45) is 0 Å². The summed E-state index contributed by atoms with van der Waals surface area (Å²) in [7, 11) is -3.75. The Hall–Kier alpha value is -2.49. The normalized spacial score (nSPS) is 14.2. The van der Waals surface area contributed by atoms with E-state index in [4.69, 9.17) is 0 Å². The van der Waals surface area contributed by atoms with Gasteiger partial charge in [-0.2, -0.15) is 0 Å². The molecule has 1 aliphatic rings. The lowest BCUT2D eigenvalue weighted by Crippen LogP contribution is -2.31. The van der Waals surface area contributed by atoms with Crippen LogP contribution in [0.5, 0.6) is 0 Å². The zero-order chi connectivity index (χ0) is 22.7. The van der Waals surface area contributed by atoms with Gasteiger partial charge in [0.15, 0.2) is 0 Å². The molecule has 3 heterocycles. The van der Waals surface area contributed by atoms with Crippen LogP contribution in [0.25, 0.3) is 10.7 Å². The summed E-state index contributed by atoms with van der Waals surface area (Å²) in [4.78, 5) is 19.2. The van der Waals surface area contributed by atoms with Gasteiger partial charge in [-0.05, 0) is 43.4 Å². The fraction of sp³-hybridized carbons (Fsp3) is 0.391. The summed E-state index contributed by atoms with van der Waals surface area (Å²) in [6, 6.07) is 9.49. The monoisotopic (exact) mass is 472 g/mol. The molecule has 1 N–H and O–H groups in total. The van der Waals surface area contributed by atoms with Gasteiger partial charge in [-0.15, -0.1) is 11.3 Å². The fourth-order valence-electron chi connectivity index (χ4n) is 3.78. The standard InChI is InChI=1S/C23H28N4O3S2/c1-3-18-6-8-19(9-7-18)13-24-32(29,30)20-12-21(23-25-17(2)16-31-23)27(14-20)15-22(28)26-10-4-5-11-26/h6-9,12,14,16,24H,3-5,10-11,13,15H2,1-2H3. The van der Waals surface area contributed by atoms with E-state index in [-0.39, 0.29) is 23.9 Å². The summed E-state index contributed by atoms with van der Waals surface area (Å²) in [6.07, 6.45) is 4.51. The maximum atomic E-state index is 13.0. The third kappa shape index (κ3) is 5.11. The molecule has 0 unspecified atom stereocenters. The van der Waals surface area contributed by atoms with Crippen molar-refractivity contribution in [3.8, 4) is 10.7 Å². The molecule has 0 saturated carbocycles. The fourth-order valence-corrected chi connectivity index (χ4v) is 5.66. The predicted molar refractivity (Wildman–Crippen MR) is 126 cm³/mol. The molecule has 1 fully saturated rings. The molecule has 32 heavy (non-hydrogen) atoms. The Labute approximate surface area is 193 Å². The predicted octanol–water partition coefficient (Wildman–Crippen LogP) is 3.58. The van der Waals surface area contributed by atoms with Gasteiger partial charge in [0.25, 0.3) is 0 Å². The van der Waals surface area contributed by atoms with E-state index < -0.39 is 10.0 Å². The highest BCUT2D eigenvalue weighted by Gasteiger charge is 2.24. The minimum Gasteiger partial charge on any atom is -0.341 e. The van der Waals surface area contributed by atoms with Crippen LogP contribution in [0, 0.1) is 6.92 Å². The molecule has 3 aromatic rings. The van der Waals surface area contributed by atoms with Crippen LogP contribution in [-0.2, 0) is 34.3 Å². The van der Waals surface area contributed by atoms with Crippen LogP contribution >= 0.6 is 11.3 Å². The number of benzene rings is 1. The molecule has 170 valence electrons. The number of amides is 1. The molecule has 7 nitrogen and oxygen atoms in total. The molecular weight excluding hydrogens is 444 g/mol. The zero-order valence-corrected chi connectivity index (χ0v) is 20.0. The number of thiazole rings is 1. The number of hydrogen-bond donors (Lipinski definition) is 1. The highest BCUT2D eigenvalue weighted by molar-refractivity contribution is 7.89. The van der Waals surface area contributed by atoms with Crippen LogP contribution in [0.15, 0.2) is 46.8 Å². The number of rotatable bonds is 8. The van der Waals surface area contributed by atoms with Gasteiger partial charge >= 0.3 is 0 Å². The number of aryl methyl sites for hydroxylation is 2. The van der Waals surface area contributed by atoms with Crippen LogP contribution in [0.4, 0.5) is 0 Å². The second-order valence-electron chi connectivity index (χ2n) is 8.07. The molecule has 1 saturated heterocycles. The maximum Gasteiger partial charge on any atom is 0.242 e.